The molecule has 0 saturated heterocycles. The normalized spacial score (nSPS) is 12.8. The van der Waals surface area contributed by atoms with E-state index in [-0.39, 0.29) is 6.04 Å². The van der Waals surface area contributed by atoms with Gasteiger partial charge in [0.2, 0.25) is 0 Å². The van der Waals surface area contributed by atoms with Crippen LogP contribution in [0.3, 0.4) is 0 Å². The molecule has 0 amide bonds. The van der Waals surface area contributed by atoms with E-state index in [9.17, 15) is 0 Å². The van der Waals surface area contributed by atoms with Crippen molar-refractivity contribution in [3.8, 4) is 0 Å². The van der Waals surface area contributed by atoms with Crippen LogP contribution in [0.2, 0.25) is 0 Å². The number of rotatable bonds is 5. The van der Waals surface area contributed by atoms with Crippen LogP contribution < -0.4 is 10.6 Å². The molecule has 2 aromatic rings. The van der Waals surface area contributed by atoms with Gasteiger partial charge in [0.05, 0.1) is 12.6 Å². The molecule has 0 spiro atoms. The summed E-state index contributed by atoms with van der Waals surface area (Å²) in [7, 11) is 1.69. The van der Waals surface area contributed by atoms with E-state index in [0.717, 1.165) is 17.6 Å². The van der Waals surface area contributed by atoms with Gasteiger partial charge in [-0.2, -0.15) is 4.98 Å². The van der Waals surface area contributed by atoms with E-state index in [1.54, 1.807) is 7.11 Å². The number of likely N-dealkylation sites (N-methyl/N-ethyl adjacent to an activating group) is 1. The smallest absolute Gasteiger partial charge is 0.298 e. The molecule has 0 radical (unpaired) electrons. The Morgan fingerprint density at radius 3 is 2.94 bits per heavy atom. The van der Waals surface area contributed by atoms with Crippen molar-refractivity contribution in [3.63, 3.8) is 0 Å². The second-order valence-corrected chi connectivity index (χ2v) is 4.31. The van der Waals surface area contributed by atoms with E-state index >= 15 is 0 Å². The van der Waals surface area contributed by atoms with E-state index in [4.69, 9.17) is 14.9 Å². The third-order valence-corrected chi connectivity index (χ3v) is 2.93. The molecule has 98 valence electrons. The van der Waals surface area contributed by atoms with Crippen molar-refractivity contribution in [1.82, 2.24) is 4.98 Å². The van der Waals surface area contributed by atoms with Gasteiger partial charge in [0, 0.05) is 19.3 Å². The zero-order valence-corrected chi connectivity index (χ0v) is 11.0. The van der Waals surface area contributed by atoms with Gasteiger partial charge in [-0.05, 0) is 32.0 Å². The maximum atomic E-state index is 5.75. The molecule has 1 unspecified atom stereocenters. The van der Waals surface area contributed by atoms with Crippen LogP contribution in [-0.2, 0) is 4.74 Å². The van der Waals surface area contributed by atoms with E-state index < -0.39 is 0 Å². The average Bonchev–Trinajstić information content (AvgIpc) is 2.72. The Bertz CT molecular complexity index is 524. The van der Waals surface area contributed by atoms with Gasteiger partial charge in [-0.15, -0.1) is 0 Å². The molecule has 0 aliphatic rings. The maximum absolute atomic E-state index is 5.75. The molecule has 0 bridgehead atoms. The number of nitrogen functional groups attached to an aromatic ring is 1. The third kappa shape index (κ3) is 2.41. The van der Waals surface area contributed by atoms with Crippen molar-refractivity contribution in [2.45, 2.75) is 19.9 Å². The van der Waals surface area contributed by atoms with Crippen LogP contribution in [-0.4, -0.2) is 31.3 Å². The molecule has 1 aromatic heterocycles. The summed E-state index contributed by atoms with van der Waals surface area (Å²) in [4.78, 5) is 6.54. The number of fused-ring (bicyclic) bond motifs is 1. The quantitative estimate of drug-likeness (QED) is 0.823. The van der Waals surface area contributed by atoms with E-state index in [1.165, 1.54) is 0 Å². The fraction of sp³-hybridized carbons (Fsp3) is 0.462. The van der Waals surface area contributed by atoms with Crippen LogP contribution in [0.15, 0.2) is 22.6 Å². The van der Waals surface area contributed by atoms with Gasteiger partial charge in [-0.25, -0.2) is 0 Å². The molecule has 0 aliphatic carbocycles. The third-order valence-electron chi connectivity index (χ3n) is 2.93. The number of hydrogen-bond donors (Lipinski definition) is 1. The molecular formula is C13H19N3O2. The molecule has 0 aliphatic heterocycles. The van der Waals surface area contributed by atoms with E-state index in [1.807, 2.05) is 18.2 Å². The fourth-order valence-electron chi connectivity index (χ4n) is 2.02. The predicted molar refractivity (Wildman–Crippen MR) is 72.8 cm³/mol. The number of benzene rings is 1. The number of oxazole rings is 1. The summed E-state index contributed by atoms with van der Waals surface area (Å²) in [5.74, 6) is 0. The topological polar surface area (TPSA) is 64.5 Å². The zero-order valence-electron chi connectivity index (χ0n) is 11.0. The van der Waals surface area contributed by atoms with Crippen molar-refractivity contribution < 1.29 is 9.15 Å². The van der Waals surface area contributed by atoms with E-state index in [0.29, 0.717) is 18.3 Å². The minimum atomic E-state index is 0.213. The first-order valence-corrected chi connectivity index (χ1v) is 6.07. The van der Waals surface area contributed by atoms with Gasteiger partial charge in [0.1, 0.15) is 5.52 Å². The zero-order chi connectivity index (χ0) is 13.1. The van der Waals surface area contributed by atoms with Gasteiger partial charge in [0.15, 0.2) is 5.58 Å². The number of hydrogen-bond acceptors (Lipinski definition) is 5. The maximum Gasteiger partial charge on any atom is 0.298 e. The molecule has 1 aromatic carbocycles. The highest BCUT2D eigenvalue weighted by Crippen LogP contribution is 2.24. The summed E-state index contributed by atoms with van der Waals surface area (Å²) in [5.41, 5.74) is 7.96. The lowest BCUT2D eigenvalue weighted by Crippen LogP contribution is -2.36. The lowest BCUT2D eigenvalue weighted by atomic mass is 10.3. The summed E-state index contributed by atoms with van der Waals surface area (Å²) in [5, 5.41) is 0. The van der Waals surface area contributed by atoms with Crippen LogP contribution >= 0.6 is 0 Å². The second kappa shape index (κ2) is 5.27. The minimum absolute atomic E-state index is 0.213. The largest absolute Gasteiger partial charge is 0.423 e. The van der Waals surface area contributed by atoms with Gasteiger partial charge in [-0.3, -0.25) is 0 Å². The first-order chi connectivity index (χ1) is 8.65. The summed E-state index contributed by atoms with van der Waals surface area (Å²) in [6, 6.07) is 6.30. The van der Waals surface area contributed by atoms with Crippen LogP contribution in [0, 0.1) is 0 Å². The SMILES string of the molecule is CCN(c1nc2cc(N)ccc2o1)C(C)COC. The van der Waals surface area contributed by atoms with Crippen LogP contribution in [0.1, 0.15) is 13.8 Å². The summed E-state index contributed by atoms with van der Waals surface area (Å²) < 4.78 is 10.9. The minimum Gasteiger partial charge on any atom is -0.423 e. The van der Waals surface area contributed by atoms with Gasteiger partial charge in [-0.1, -0.05) is 0 Å². The molecular weight excluding hydrogens is 230 g/mol. The summed E-state index contributed by atoms with van der Waals surface area (Å²) >= 11 is 0. The molecule has 5 heteroatoms. The number of nitrogens with two attached hydrogens (primary N) is 1. The number of methoxy groups -OCH3 is 1. The molecule has 1 heterocycles. The monoisotopic (exact) mass is 249 g/mol. The summed E-state index contributed by atoms with van der Waals surface area (Å²) in [6.07, 6.45) is 0. The molecule has 2 N–H and O–H groups in total. The standard InChI is InChI=1S/C13H19N3O2/c1-4-16(9(2)8-17-3)13-15-11-7-10(14)5-6-12(11)18-13/h5-7,9H,4,8,14H2,1-3H3. The van der Waals surface area contributed by atoms with Crippen LogP contribution in [0.5, 0.6) is 0 Å². The van der Waals surface area contributed by atoms with Crippen molar-refractivity contribution in [1.29, 1.82) is 0 Å². The number of aromatic nitrogens is 1. The van der Waals surface area contributed by atoms with Crippen LogP contribution in [0.25, 0.3) is 11.1 Å². The first kappa shape index (κ1) is 12.7. The summed E-state index contributed by atoms with van der Waals surface area (Å²) in [6.45, 7) is 5.59. The Balaban J connectivity index is 2.33. The number of nitrogens with zero attached hydrogens (tertiary/aromatic N) is 2. The Kier molecular flexibility index (Phi) is 3.72. The highest BCUT2D eigenvalue weighted by Gasteiger charge is 2.18. The number of ether oxygens (including phenoxy) is 1. The van der Waals surface area contributed by atoms with Gasteiger partial charge < -0.3 is 19.8 Å². The molecule has 18 heavy (non-hydrogen) atoms. The van der Waals surface area contributed by atoms with Crippen molar-refractivity contribution in [2.24, 2.45) is 0 Å². The second-order valence-electron chi connectivity index (χ2n) is 4.31. The highest BCUT2D eigenvalue weighted by atomic mass is 16.5. The molecule has 1 atom stereocenters. The van der Waals surface area contributed by atoms with E-state index in [2.05, 4.69) is 23.7 Å². The Labute approximate surface area is 107 Å². The van der Waals surface area contributed by atoms with Gasteiger partial charge >= 0.3 is 0 Å². The molecule has 5 nitrogen and oxygen atoms in total. The van der Waals surface area contributed by atoms with Gasteiger partial charge in [0.25, 0.3) is 6.01 Å². The van der Waals surface area contributed by atoms with Crippen molar-refractivity contribution >= 4 is 22.8 Å². The number of anilines is 2. The average molecular weight is 249 g/mol. The molecule has 2 rings (SSSR count). The highest BCUT2D eigenvalue weighted by molar-refractivity contribution is 5.78. The van der Waals surface area contributed by atoms with Crippen molar-refractivity contribution in [3.05, 3.63) is 18.2 Å². The molecule has 0 fully saturated rings. The fourth-order valence-corrected chi connectivity index (χ4v) is 2.02. The predicted octanol–water partition coefficient (Wildman–Crippen LogP) is 2.27. The van der Waals surface area contributed by atoms with Crippen molar-refractivity contribution in [2.75, 3.05) is 30.9 Å². The molecule has 0 saturated carbocycles. The Morgan fingerprint density at radius 2 is 2.28 bits per heavy atom. The first-order valence-electron chi connectivity index (χ1n) is 6.07. The van der Waals surface area contributed by atoms with Crippen LogP contribution in [0.4, 0.5) is 11.7 Å². The Hall–Kier alpha value is -1.75. The Morgan fingerprint density at radius 1 is 1.50 bits per heavy atom. The lowest BCUT2D eigenvalue weighted by Gasteiger charge is -2.25. The lowest BCUT2D eigenvalue weighted by molar-refractivity contribution is 0.180.